The SMILES string of the molecule is Cc1nsc(NC(C)c2ncccc2F)n1. The van der Waals surface area contributed by atoms with Gasteiger partial charge in [-0.05, 0) is 26.0 Å². The molecular weight excluding hydrogens is 227 g/mol. The normalized spacial score (nSPS) is 12.4. The highest BCUT2D eigenvalue weighted by Gasteiger charge is 2.13. The van der Waals surface area contributed by atoms with Crippen LogP contribution in [0.4, 0.5) is 9.52 Å². The van der Waals surface area contributed by atoms with Crippen molar-refractivity contribution in [2.24, 2.45) is 0 Å². The molecule has 2 aromatic rings. The molecule has 84 valence electrons. The number of anilines is 1. The minimum absolute atomic E-state index is 0.228. The number of pyridine rings is 1. The van der Waals surface area contributed by atoms with Gasteiger partial charge in [-0.15, -0.1) is 0 Å². The summed E-state index contributed by atoms with van der Waals surface area (Å²) in [6.07, 6.45) is 1.57. The van der Waals surface area contributed by atoms with Crippen LogP contribution in [0.2, 0.25) is 0 Å². The summed E-state index contributed by atoms with van der Waals surface area (Å²) < 4.78 is 17.5. The molecule has 0 spiro atoms. The molecule has 0 radical (unpaired) electrons. The molecule has 1 unspecified atom stereocenters. The van der Waals surface area contributed by atoms with Crippen molar-refractivity contribution in [2.45, 2.75) is 19.9 Å². The van der Waals surface area contributed by atoms with Gasteiger partial charge < -0.3 is 5.32 Å². The highest BCUT2D eigenvalue weighted by atomic mass is 32.1. The van der Waals surface area contributed by atoms with Crippen LogP contribution in [-0.2, 0) is 0 Å². The van der Waals surface area contributed by atoms with Gasteiger partial charge in [0.2, 0.25) is 5.13 Å². The summed E-state index contributed by atoms with van der Waals surface area (Å²) in [6, 6.07) is 2.74. The van der Waals surface area contributed by atoms with Gasteiger partial charge in [0.25, 0.3) is 0 Å². The second-order valence-electron chi connectivity index (χ2n) is 3.38. The van der Waals surface area contributed by atoms with E-state index in [4.69, 9.17) is 0 Å². The summed E-state index contributed by atoms with van der Waals surface area (Å²) in [5.41, 5.74) is 0.385. The van der Waals surface area contributed by atoms with Gasteiger partial charge in [0.05, 0.1) is 11.7 Å². The Bertz CT molecular complexity index is 485. The minimum atomic E-state index is -0.316. The predicted molar refractivity (Wildman–Crippen MR) is 60.9 cm³/mol. The van der Waals surface area contributed by atoms with Crippen LogP contribution in [0.3, 0.4) is 0 Å². The van der Waals surface area contributed by atoms with Crippen LogP contribution < -0.4 is 5.32 Å². The third-order valence-corrected chi connectivity index (χ3v) is 2.80. The van der Waals surface area contributed by atoms with Crippen LogP contribution in [0, 0.1) is 12.7 Å². The van der Waals surface area contributed by atoms with Crippen LogP contribution in [0.25, 0.3) is 0 Å². The summed E-state index contributed by atoms with van der Waals surface area (Å²) in [5.74, 6) is 0.393. The first-order chi connectivity index (χ1) is 7.66. The van der Waals surface area contributed by atoms with Crippen molar-refractivity contribution in [3.05, 3.63) is 35.7 Å². The van der Waals surface area contributed by atoms with E-state index in [9.17, 15) is 4.39 Å². The van der Waals surface area contributed by atoms with E-state index >= 15 is 0 Å². The number of hydrogen-bond donors (Lipinski definition) is 1. The number of aryl methyl sites for hydroxylation is 1. The topological polar surface area (TPSA) is 50.7 Å². The van der Waals surface area contributed by atoms with Crippen molar-refractivity contribution < 1.29 is 4.39 Å². The molecule has 2 aromatic heterocycles. The lowest BCUT2D eigenvalue weighted by Crippen LogP contribution is -2.10. The average molecular weight is 238 g/mol. The molecule has 1 atom stereocenters. The van der Waals surface area contributed by atoms with Gasteiger partial charge in [-0.25, -0.2) is 9.37 Å². The minimum Gasteiger partial charge on any atom is -0.352 e. The van der Waals surface area contributed by atoms with Gasteiger partial charge >= 0.3 is 0 Å². The molecule has 0 aliphatic carbocycles. The largest absolute Gasteiger partial charge is 0.352 e. The lowest BCUT2D eigenvalue weighted by molar-refractivity contribution is 0.587. The fourth-order valence-electron chi connectivity index (χ4n) is 1.33. The highest BCUT2D eigenvalue weighted by molar-refractivity contribution is 7.09. The lowest BCUT2D eigenvalue weighted by atomic mass is 10.2. The Hall–Kier alpha value is -1.56. The van der Waals surface area contributed by atoms with E-state index < -0.39 is 0 Å². The number of rotatable bonds is 3. The molecule has 0 aliphatic rings. The standard InChI is InChI=1S/C10H11FN4S/c1-6(9-8(11)4-3-5-12-9)13-10-14-7(2)15-16-10/h3-6H,1-2H3,(H,13,14,15). The van der Waals surface area contributed by atoms with Crippen LogP contribution in [-0.4, -0.2) is 14.3 Å². The van der Waals surface area contributed by atoms with Crippen LogP contribution in [0.5, 0.6) is 0 Å². The molecule has 0 aromatic carbocycles. The molecule has 4 nitrogen and oxygen atoms in total. The Morgan fingerprint density at radius 2 is 2.31 bits per heavy atom. The maximum absolute atomic E-state index is 13.4. The first-order valence-electron chi connectivity index (χ1n) is 4.84. The monoisotopic (exact) mass is 238 g/mol. The van der Waals surface area contributed by atoms with E-state index in [1.807, 2.05) is 13.8 Å². The van der Waals surface area contributed by atoms with E-state index in [0.717, 1.165) is 0 Å². The average Bonchev–Trinajstić information content (AvgIpc) is 2.64. The quantitative estimate of drug-likeness (QED) is 0.892. The lowest BCUT2D eigenvalue weighted by Gasteiger charge is -2.12. The van der Waals surface area contributed by atoms with Crippen molar-refractivity contribution >= 4 is 16.7 Å². The van der Waals surface area contributed by atoms with E-state index in [1.54, 1.807) is 12.3 Å². The van der Waals surface area contributed by atoms with Crippen LogP contribution in [0.1, 0.15) is 24.5 Å². The van der Waals surface area contributed by atoms with Gasteiger partial charge in [0, 0.05) is 17.7 Å². The number of nitrogens with zero attached hydrogens (tertiary/aromatic N) is 3. The van der Waals surface area contributed by atoms with Gasteiger partial charge in [-0.2, -0.15) is 4.37 Å². The number of nitrogens with one attached hydrogen (secondary N) is 1. The van der Waals surface area contributed by atoms with Crippen molar-refractivity contribution in [1.82, 2.24) is 14.3 Å². The number of aromatic nitrogens is 3. The van der Waals surface area contributed by atoms with Crippen LogP contribution in [0.15, 0.2) is 18.3 Å². The summed E-state index contributed by atoms with van der Waals surface area (Å²) in [4.78, 5) is 8.15. The van der Waals surface area contributed by atoms with Crippen LogP contribution >= 0.6 is 11.5 Å². The molecule has 0 fully saturated rings. The molecule has 0 amide bonds. The number of hydrogen-bond acceptors (Lipinski definition) is 5. The van der Waals surface area contributed by atoms with Gasteiger partial charge in [-0.3, -0.25) is 4.98 Å². The summed E-state index contributed by atoms with van der Waals surface area (Å²) >= 11 is 1.26. The van der Waals surface area contributed by atoms with Crippen molar-refractivity contribution in [2.75, 3.05) is 5.32 Å². The Balaban J connectivity index is 2.14. The van der Waals surface area contributed by atoms with E-state index in [2.05, 4.69) is 19.7 Å². The fourth-order valence-corrected chi connectivity index (χ4v) is 1.99. The zero-order valence-corrected chi connectivity index (χ0v) is 9.75. The Kier molecular flexibility index (Phi) is 3.09. The zero-order valence-electron chi connectivity index (χ0n) is 8.94. The van der Waals surface area contributed by atoms with Crippen molar-refractivity contribution in [1.29, 1.82) is 0 Å². The van der Waals surface area contributed by atoms with Crippen molar-refractivity contribution in [3.63, 3.8) is 0 Å². The Morgan fingerprint density at radius 1 is 1.50 bits per heavy atom. The summed E-state index contributed by atoms with van der Waals surface area (Å²) in [7, 11) is 0. The first kappa shape index (κ1) is 10.9. The van der Waals surface area contributed by atoms with E-state index in [0.29, 0.717) is 16.6 Å². The smallest absolute Gasteiger partial charge is 0.203 e. The predicted octanol–water partition coefficient (Wildman–Crippen LogP) is 2.55. The maximum Gasteiger partial charge on any atom is 0.203 e. The molecule has 1 N–H and O–H groups in total. The molecule has 0 bridgehead atoms. The Labute approximate surface area is 96.7 Å². The van der Waals surface area contributed by atoms with Gasteiger partial charge in [0.1, 0.15) is 11.6 Å². The second kappa shape index (κ2) is 4.52. The fraction of sp³-hybridized carbons (Fsp3) is 0.300. The zero-order chi connectivity index (χ0) is 11.5. The Morgan fingerprint density at radius 3 is 2.94 bits per heavy atom. The highest BCUT2D eigenvalue weighted by Crippen LogP contribution is 2.20. The van der Waals surface area contributed by atoms with E-state index in [1.165, 1.54) is 17.6 Å². The molecule has 0 saturated heterocycles. The second-order valence-corrected chi connectivity index (χ2v) is 4.14. The molecule has 16 heavy (non-hydrogen) atoms. The molecule has 0 aliphatic heterocycles. The third-order valence-electron chi connectivity index (χ3n) is 2.06. The molecule has 6 heteroatoms. The molecule has 2 heterocycles. The van der Waals surface area contributed by atoms with Gasteiger partial charge in [-0.1, -0.05) is 0 Å². The number of halogens is 1. The maximum atomic E-state index is 13.4. The van der Waals surface area contributed by atoms with Crippen molar-refractivity contribution in [3.8, 4) is 0 Å². The van der Waals surface area contributed by atoms with Gasteiger partial charge in [0.15, 0.2) is 0 Å². The van der Waals surface area contributed by atoms with E-state index in [-0.39, 0.29) is 11.9 Å². The summed E-state index contributed by atoms with van der Waals surface area (Å²) in [6.45, 7) is 3.65. The third kappa shape index (κ3) is 2.33. The first-order valence-corrected chi connectivity index (χ1v) is 5.61. The molecule has 2 rings (SSSR count). The molecule has 0 saturated carbocycles. The summed E-state index contributed by atoms with van der Waals surface area (Å²) in [5, 5.41) is 3.74. The molecular formula is C10H11FN4S.